The van der Waals surface area contributed by atoms with Gasteiger partial charge < -0.3 is 0 Å². The Labute approximate surface area is 142 Å². The van der Waals surface area contributed by atoms with Gasteiger partial charge in [0.1, 0.15) is 0 Å². The standard InChI is InChI=1S/C20H34O2S/c1-13-7-9-15-11-19(13,17(15,3)4)23(21,22)20-12-16(18(20,5)6)10-8-14(20)2/h13-16H,7-12H2,1-6H3. The Kier molecular flexibility index (Phi) is 2.99. The van der Waals surface area contributed by atoms with Crippen LogP contribution in [-0.2, 0) is 9.84 Å². The molecule has 6 atom stereocenters. The minimum absolute atomic E-state index is 0.0451. The summed E-state index contributed by atoms with van der Waals surface area (Å²) in [5.74, 6) is 1.85. The topological polar surface area (TPSA) is 34.1 Å². The van der Waals surface area contributed by atoms with Gasteiger partial charge in [-0.05, 0) is 73.0 Å². The molecule has 0 saturated heterocycles. The molecule has 132 valence electrons. The smallest absolute Gasteiger partial charge is 0.163 e. The van der Waals surface area contributed by atoms with Crippen LogP contribution < -0.4 is 0 Å². The first-order chi connectivity index (χ1) is 10.5. The molecule has 6 fully saturated rings. The first-order valence-electron chi connectivity index (χ1n) is 9.71. The van der Waals surface area contributed by atoms with E-state index in [2.05, 4.69) is 41.5 Å². The van der Waals surface area contributed by atoms with Gasteiger partial charge in [0.2, 0.25) is 0 Å². The number of fused-ring (bicyclic) bond motifs is 4. The van der Waals surface area contributed by atoms with Crippen LogP contribution in [0.25, 0.3) is 0 Å². The van der Waals surface area contributed by atoms with E-state index in [0.29, 0.717) is 23.7 Å². The van der Waals surface area contributed by atoms with Crippen LogP contribution in [0.2, 0.25) is 0 Å². The molecule has 0 aromatic carbocycles. The molecule has 3 heteroatoms. The number of hydrogen-bond acceptors (Lipinski definition) is 2. The van der Waals surface area contributed by atoms with E-state index in [1.807, 2.05) is 0 Å². The molecular weight excluding hydrogens is 304 g/mol. The van der Waals surface area contributed by atoms with Crippen LogP contribution in [-0.4, -0.2) is 17.9 Å². The molecular formula is C20H34O2S. The Bertz CT molecular complexity index is 597. The summed E-state index contributed by atoms with van der Waals surface area (Å²) >= 11 is 0. The second kappa shape index (κ2) is 4.19. The molecule has 0 radical (unpaired) electrons. The molecule has 0 heterocycles. The Morgan fingerprint density at radius 2 is 1.04 bits per heavy atom. The monoisotopic (exact) mass is 338 g/mol. The van der Waals surface area contributed by atoms with Crippen molar-refractivity contribution in [2.45, 2.75) is 89.6 Å². The van der Waals surface area contributed by atoms with Crippen molar-refractivity contribution in [3.05, 3.63) is 0 Å². The average molecular weight is 339 g/mol. The van der Waals surface area contributed by atoms with Crippen molar-refractivity contribution >= 4 is 9.84 Å². The number of rotatable bonds is 2. The van der Waals surface area contributed by atoms with Crippen molar-refractivity contribution in [1.82, 2.24) is 0 Å². The summed E-state index contributed by atoms with van der Waals surface area (Å²) in [5, 5.41) is 0. The van der Waals surface area contributed by atoms with E-state index < -0.39 is 19.3 Å². The van der Waals surface area contributed by atoms with Crippen molar-refractivity contribution in [1.29, 1.82) is 0 Å². The van der Waals surface area contributed by atoms with Gasteiger partial charge >= 0.3 is 0 Å². The molecule has 0 N–H and O–H groups in total. The van der Waals surface area contributed by atoms with Crippen molar-refractivity contribution in [2.75, 3.05) is 0 Å². The lowest BCUT2D eigenvalue weighted by Crippen LogP contribution is -2.80. The first-order valence-corrected chi connectivity index (χ1v) is 11.2. The molecule has 6 rings (SSSR count). The Morgan fingerprint density at radius 1 is 0.696 bits per heavy atom. The van der Waals surface area contributed by atoms with Gasteiger partial charge in [-0.2, -0.15) is 0 Å². The second-order valence-electron chi connectivity index (χ2n) is 10.5. The molecule has 0 spiro atoms. The normalized spacial score (nSPS) is 53.1. The third kappa shape index (κ3) is 1.37. The summed E-state index contributed by atoms with van der Waals surface area (Å²) < 4.78 is 27.7. The van der Waals surface area contributed by atoms with E-state index in [0.717, 1.165) is 25.7 Å². The van der Waals surface area contributed by atoms with Crippen LogP contribution in [0.15, 0.2) is 0 Å². The summed E-state index contributed by atoms with van der Waals surface area (Å²) in [6.45, 7) is 13.5. The van der Waals surface area contributed by atoms with E-state index in [-0.39, 0.29) is 10.8 Å². The van der Waals surface area contributed by atoms with Gasteiger partial charge in [0.05, 0.1) is 9.49 Å². The van der Waals surface area contributed by atoms with Gasteiger partial charge in [-0.3, -0.25) is 0 Å². The van der Waals surface area contributed by atoms with E-state index in [4.69, 9.17) is 0 Å². The Balaban J connectivity index is 1.88. The fourth-order valence-electron chi connectivity index (χ4n) is 7.93. The number of sulfone groups is 1. The molecule has 6 aliphatic rings. The average Bonchev–Trinajstić information content (AvgIpc) is 2.45. The van der Waals surface area contributed by atoms with Gasteiger partial charge in [0, 0.05) is 0 Å². The van der Waals surface area contributed by atoms with Crippen molar-refractivity contribution in [3.63, 3.8) is 0 Å². The molecule has 23 heavy (non-hydrogen) atoms. The maximum absolute atomic E-state index is 14.3. The van der Waals surface area contributed by atoms with Gasteiger partial charge in [0.25, 0.3) is 0 Å². The molecule has 0 aromatic rings. The van der Waals surface area contributed by atoms with Gasteiger partial charge in [-0.15, -0.1) is 0 Å². The summed E-state index contributed by atoms with van der Waals surface area (Å²) in [5.41, 5.74) is -0.0901. The zero-order valence-corrected chi connectivity index (χ0v) is 16.6. The highest BCUT2D eigenvalue weighted by Crippen LogP contribution is 2.76. The van der Waals surface area contributed by atoms with Crippen molar-refractivity contribution in [2.24, 2.45) is 34.5 Å². The largest absolute Gasteiger partial charge is 0.228 e. The van der Waals surface area contributed by atoms with E-state index in [1.165, 1.54) is 12.8 Å². The predicted octanol–water partition coefficient (Wildman–Crippen LogP) is 4.83. The van der Waals surface area contributed by atoms with Gasteiger partial charge in [0.15, 0.2) is 9.84 Å². The lowest BCUT2D eigenvalue weighted by Gasteiger charge is -2.75. The maximum atomic E-state index is 14.3. The highest BCUT2D eigenvalue weighted by Gasteiger charge is 2.80. The van der Waals surface area contributed by atoms with Gasteiger partial charge in [-0.1, -0.05) is 41.5 Å². The highest BCUT2D eigenvalue weighted by atomic mass is 32.2. The zero-order valence-electron chi connectivity index (χ0n) is 15.8. The van der Waals surface area contributed by atoms with E-state index in [1.54, 1.807) is 0 Å². The summed E-state index contributed by atoms with van der Waals surface area (Å²) in [6, 6.07) is 0. The van der Waals surface area contributed by atoms with Crippen LogP contribution >= 0.6 is 0 Å². The molecule has 6 unspecified atom stereocenters. The maximum Gasteiger partial charge on any atom is 0.163 e. The molecule has 0 amide bonds. The van der Waals surface area contributed by atoms with E-state index >= 15 is 0 Å². The molecule has 2 nitrogen and oxygen atoms in total. The van der Waals surface area contributed by atoms with Crippen LogP contribution in [0, 0.1) is 34.5 Å². The third-order valence-corrected chi connectivity index (χ3v) is 13.9. The molecule has 6 aliphatic carbocycles. The Morgan fingerprint density at radius 3 is 1.30 bits per heavy atom. The second-order valence-corrected chi connectivity index (χ2v) is 12.9. The molecule has 4 bridgehead atoms. The lowest BCUT2D eigenvalue weighted by molar-refractivity contribution is -0.102. The third-order valence-electron chi connectivity index (χ3n) is 9.77. The SMILES string of the molecule is CC1CCC2CC1(S(=O)(=O)C13CC(CCC1C)C3(C)C)C2(C)C. The molecule has 0 aromatic heterocycles. The fourth-order valence-corrected chi connectivity index (χ4v) is 12.4. The summed E-state index contributed by atoms with van der Waals surface area (Å²) in [6.07, 6.45) is 6.50. The van der Waals surface area contributed by atoms with Crippen molar-refractivity contribution < 1.29 is 8.42 Å². The van der Waals surface area contributed by atoms with Crippen molar-refractivity contribution in [3.8, 4) is 0 Å². The predicted molar refractivity (Wildman–Crippen MR) is 95.0 cm³/mol. The number of hydrogen-bond donors (Lipinski definition) is 0. The van der Waals surface area contributed by atoms with E-state index in [9.17, 15) is 8.42 Å². The van der Waals surface area contributed by atoms with Crippen LogP contribution in [0.4, 0.5) is 0 Å². The minimum atomic E-state index is -3.17. The summed E-state index contributed by atoms with van der Waals surface area (Å²) in [7, 11) is -3.17. The van der Waals surface area contributed by atoms with Crippen LogP contribution in [0.5, 0.6) is 0 Å². The minimum Gasteiger partial charge on any atom is -0.228 e. The van der Waals surface area contributed by atoms with Crippen LogP contribution in [0.1, 0.15) is 80.1 Å². The Hall–Kier alpha value is -0.0500. The van der Waals surface area contributed by atoms with Crippen LogP contribution in [0.3, 0.4) is 0 Å². The quantitative estimate of drug-likeness (QED) is 0.722. The van der Waals surface area contributed by atoms with Gasteiger partial charge in [-0.25, -0.2) is 8.42 Å². The molecule has 0 aliphatic heterocycles. The fraction of sp³-hybridized carbons (Fsp3) is 1.00. The highest BCUT2D eigenvalue weighted by molar-refractivity contribution is 7.94. The molecule has 6 saturated carbocycles. The first kappa shape index (κ1) is 16.4. The zero-order chi connectivity index (χ0) is 17.1. The summed E-state index contributed by atoms with van der Waals surface area (Å²) in [4.78, 5) is 0. The lowest BCUT2D eigenvalue weighted by atomic mass is 9.44.